The molecule has 0 radical (unpaired) electrons. The number of ether oxygens (including phenoxy) is 1. The third kappa shape index (κ3) is 3.17. The van der Waals surface area contributed by atoms with Crippen molar-refractivity contribution < 1.29 is 9.84 Å². The van der Waals surface area contributed by atoms with E-state index in [9.17, 15) is 5.11 Å². The molecule has 0 saturated heterocycles. The van der Waals surface area contributed by atoms with Gasteiger partial charge in [0.15, 0.2) is 0 Å². The first kappa shape index (κ1) is 15.0. The maximum Gasteiger partial charge on any atom is 0.225 e. The smallest absolute Gasteiger partial charge is 0.225 e. The first-order chi connectivity index (χ1) is 9.69. The minimum atomic E-state index is 0.0766. The lowest BCUT2D eigenvalue weighted by Gasteiger charge is -2.23. The average molecular weight is 296 g/mol. The highest BCUT2D eigenvalue weighted by molar-refractivity contribution is 7.18. The number of nitrogens with zero attached hydrogens (tertiary/aromatic N) is 3. The van der Waals surface area contributed by atoms with Crippen molar-refractivity contribution in [1.82, 2.24) is 9.97 Å². The molecule has 0 aliphatic carbocycles. The number of hydrogen-bond acceptors (Lipinski definition) is 7. The Labute approximate surface area is 122 Å². The van der Waals surface area contributed by atoms with E-state index in [-0.39, 0.29) is 6.61 Å². The van der Waals surface area contributed by atoms with Crippen molar-refractivity contribution in [3.8, 4) is 0 Å². The van der Waals surface area contributed by atoms with E-state index < -0.39 is 0 Å². The van der Waals surface area contributed by atoms with Crippen molar-refractivity contribution in [2.75, 3.05) is 50.7 Å². The van der Waals surface area contributed by atoms with Gasteiger partial charge in [-0.2, -0.15) is 4.98 Å². The van der Waals surface area contributed by atoms with Crippen LogP contribution in [0.2, 0.25) is 0 Å². The number of aromatic nitrogens is 2. The van der Waals surface area contributed by atoms with Gasteiger partial charge >= 0.3 is 0 Å². The molecule has 0 atom stereocenters. The lowest BCUT2D eigenvalue weighted by atomic mass is 10.3. The molecule has 0 amide bonds. The number of hydrogen-bond donors (Lipinski definition) is 2. The van der Waals surface area contributed by atoms with Crippen LogP contribution in [0.3, 0.4) is 0 Å². The van der Waals surface area contributed by atoms with Crippen LogP contribution in [0, 0.1) is 6.92 Å². The van der Waals surface area contributed by atoms with Gasteiger partial charge in [0, 0.05) is 32.1 Å². The first-order valence-corrected chi connectivity index (χ1v) is 7.32. The molecule has 2 N–H and O–H groups in total. The molecule has 0 bridgehead atoms. The number of rotatable bonds is 7. The molecular weight excluding hydrogens is 276 g/mol. The Bertz CT molecular complexity index is 573. The summed E-state index contributed by atoms with van der Waals surface area (Å²) in [5.41, 5.74) is 0. The van der Waals surface area contributed by atoms with E-state index in [1.54, 1.807) is 25.5 Å². The van der Waals surface area contributed by atoms with Crippen LogP contribution < -0.4 is 10.2 Å². The minimum Gasteiger partial charge on any atom is -0.395 e. The van der Waals surface area contributed by atoms with Crippen LogP contribution in [0.25, 0.3) is 10.2 Å². The standard InChI is InChI=1S/C13H20N4O2S/c1-9-8-10-11(17(4-6-18)5-7-19-3)15-13(14-2)16-12(10)20-9/h8,18H,4-7H2,1-3H3,(H,14,15,16). The molecule has 0 unspecified atom stereocenters. The Morgan fingerprint density at radius 3 is 2.85 bits per heavy atom. The zero-order valence-electron chi connectivity index (χ0n) is 12.0. The Morgan fingerprint density at radius 2 is 2.20 bits per heavy atom. The van der Waals surface area contributed by atoms with Crippen LogP contribution >= 0.6 is 11.3 Å². The van der Waals surface area contributed by atoms with Gasteiger partial charge in [0.2, 0.25) is 5.95 Å². The first-order valence-electron chi connectivity index (χ1n) is 6.50. The number of aliphatic hydroxyl groups is 1. The highest BCUT2D eigenvalue weighted by atomic mass is 32.1. The second-order valence-electron chi connectivity index (χ2n) is 4.40. The fourth-order valence-electron chi connectivity index (χ4n) is 2.03. The zero-order valence-corrected chi connectivity index (χ0v) is 12.8. The van der Waals surface area contributed by atoms with Crippen molar-refractivity contribution >= 4 is 33.3 Å². The monoisotopic (exact) mass is 296 g/mol. The highest BCUT2D eigenvalue weighted by Crippen LogP contribution is 2.31. The number of aryl methyl sites for hydroxylation is 1. The van der Waals surface area contributed by atoms with Crippen LogP contribution in [0.15, 0.2) is 6.07 Å². The van der Waals surface area contributed by atoms with E-state index in [0.29, 0.717) is 25.6 Å². The quantitative estimate of drug-likeness (QED) is 0.806. The van der Waals surface area contributed by atoms with Crippen LogP contribution in [0.5, 0.6) is 0 Å². The average Bonchev–Trinajstić information content (AvgIpc) is 2.82. The van der Waals surface area contributed by atoms with Gasteiger partial charge in [0.25, 0.3) is 0 Å². The summed E-state index contributed by atoms with van der Waals surface area (Å²) in [5, 5.41) is 13.3. The summed E-state index contributed by atoms with van der Waals surface area (Å²) < 4.78 is 5.13. The van der Waals surface area contributed by atoms with E-state index in [1.165, 1.54) is 4.88 Å². The van der Waals surface area contributed by atoms with Crippen LogP contribution in [-0.2, 0) is 4.74 Å². The molecule has 2 heterocycles. The van der Waals surface area contributed by atoms with E-state index in [2.05, 4.69) is 28.3 Å². The van der Waals surface area contributed by atoms with Crippen LogP contribution in [0.1, 0.15) is 4.88 Å². The molecule has 20 heavy (non-hydrogen) atoms. The molecule has 2 rings (SSSR count). The molecule has 0 aliphatic rings. The molecule has 110 valence electrons. The fourth-order valence-corrected chi connectivity index (χ4v) is 2.90. The van der Waals surface area contributed by atoms with E-state index in [4.69, 9.17) is 4.74 Å². The van der Waals surface area contributed by atoms with Gasteiger partial charge in [0.05, 0.1) is 18.6 Å². The molecule has 7 heteroatoms. The number of fused-ring (bicyclic) bond motifs is 1. The predicted octanol–water partition coefficient (Wildman–Crippen LogP) is 1.49. The third-order valence-electron chi connectivity index (χ3n) is 2.95. The van der Waals surface area contributed by atoms with Crippen molar-refractivity contribution in [3.63, 3.8) is 0 Å². The molecule has 6 nitrogen and oxygen atoms in total. The van der Waals surface area contributed by atoms with Gasteiger partial charge < -0.3 is 20.1 Å². The normalized spacial score (nSPS) is 11.0. The molecule has 0 spiro atoms. The molecule has 2 aromatic heterocycles. The van der Waals surface area contributed by atoms with E-state index in [0.717, 1.165) is 16.0 Å². The van der Waals surface area contributed by atoms with Crippen molar-refractivity contribution in [2.24, 2.45) is 0 Å². The minimum absolute atomic E-state index is 0.0766. The summed E-state index contributed by atoms with van der Waals surface area (Å²) >= 11 is 1.64. The Morgan fingerprint density at radius 1 is 1.40 bits per heavy atom. The summed E-state index contributed by atoms with van der Waals surface area (Å²) in [4.78, 5) is 13.2. The fraction of sp³-hybridized carbons (Fsp3) is 0.538. The van der Waals surface area contributed by atoms with Gasteiger partial charge in [-0.1, -0.05) is 0 Å². The SMILES string of the molecule is CNc1nc(N(CCO)CCOC)c2cc(C)sc2n1. The molecule has 0 aliphatic heterocycles. The summed E-state index contributed by atoms with van der Waals surface area (Å²) in [5.74, 6) is 1.43. The van der Waals surface area contributed by atoms with Gasteiger partial charge in [-0.3, -0.25) is 0 Å². The molecule has 0 saturated carbocycles. The number of nitrogens with one attached hydrogen (secondary N) is 1. The van der Waals surface area contributed by atoms with Crippen molar-refractivity contribution in [2.45, 2.75) is 6.92 Å². The number of anilines is 2. The molecule has 0 aromatic carbocycles. The summed E-state index contributed by atoms with van der Waals surface area (Å²) in [6, 6.07) is 2.09. The Balaban J connectivity index is 2.47. The lowest BCUT2D eigenvalue weighted by Crippen LogP contribution is -2.31. The maximum atomic E-state index is 9.26. The Kier molecular flexibility index (Phi) is 5.11. The van der Waals surface area contributed by atoms with E-state index in [1.807, 2.05) is 4.90 Å². The largest absolute Gasteiger partial charge is 0.395 e. The second-order valence-corrected chi connectivity index (χ2v) is 5.63. The summed E-state index contributed by atoms with van der Waals surface area (Å²) in [7, 11) is 3.47. The predicted molar refractivity (Wildman–Crippen MR) is 82.9 cm³/mol. The number of methoxy groups -OCH3 is 1. The van der Waals surface area contributed by atoms with Crippen LogP contribution in [-0.4, -0.2) is 55.5 Å². The molecule has 0 fully saturated rings. The van der Waals surface area contributed by atoms with E-state index >= 15 is 0 Å². The van der Waals surface area contributed by atoms with Crippen molar-refractivity contribution in [1.29, 1.82) is 0 Å². The van der Waals surface area contributed by atoms with Gasteiger partial charge in [-0.05, 0) is 13.0 Å². The van der Waals surface area contributed by atoms with Crippen molar-refractivity contribution in [3.05, 3.63) is 10.9 Å². The van der Waals surface area contributed by atoms with Crippen LogP contribution in [0.4, 0.5) is 11.8 Å². The van der Waals surface area contributed by atoms with Gasteiger partial charge in [-0.25, -0.2) is 4.98 Å². The summed E-state index contributed by atoms with van der Waals surface area (Å²) in [6.45, 7) is 3.92. The zero-order chi connectivity index (χ0) is 14.5. The topological polar surface area (TPSA) is 70.5 Å². The number of aliphatic hydroxyl groups excluding tert-OH is 1. The third-order valence-corrected chi connectivity index (χ3v) is 3.90. The maximum absolute atomic E-state index is 9.26. The Hall–Kier alpha value is -1.44. The number of thiophene rings is 1. The molecule has 2 aromatic rings. The van der Waals surface area contributed by atoms with Gasteiger partial charge in [0.1, 0.15) is 10.6 Å². The lowest BCUT2D eigenvalue weighted by molar-refractivity contribution is 0.202. The molecular formula is C13H20N4O2S. The second kappa shape index (κ2) is 6.83. The highest BCUT2D eigenvalue weighted by Gasteiger charge is 2.15. The van der Waals surface area contributed by atoms with Gasteiger partial charge in [-0.15, -0.1) is 11.3 Å². The summed E-state index contributed by atoms with van der Waals surface area (Å²) in [6.07, 6.45) is 0.